The zero-order valence-corrected chi connectivity index (χ0v) is 13.8. The zero-order valence-electron chi connectivity index (χ0n) is 13.0. The summed E-state index contributed by atoms with van der Waals surface area (Å²) in [7, 11) is 0. The Morgan fingerprint density at radius 1 is 1.36 bits per heavy atom. The molecule has 2 aromatic rings. The molecule has 1 amide bonds. The average Bonchev–Trinajstić information content (AvgIpc) is 2.86. The van der Waals surface area contributed by atoms with Crippen molar-refractivity contribution in [2.45, 2.75) is 39.5 Å². The lowest BCUT2D eigenvalue weighted by Gasteiger charge is -2.15. The van der Waals surface area contributed by atoms with Crippen molar-refractivity contribution in [1.29, 1.82) is 0 Å². The van der Waals surface area contributed by atoms with Crippen molar-refractivity contribution in [3.63, 3.8) is 0 Å². The van der Waals surface area contributed by atoms with Gasteiger partial charge in [-0.3, -0.25) is 4.79 Å². The normalized spacial score (nSPS) is 12.5. The van der Waals surface area contributed by atoms with Gasteiger partial charge in [0.2, 0.25) is 0 Å². The van der Waals surface area contributed by atoms with Crippen LogP contribution in [0.3, 0.4) is 0 Å². The summed E-state index contributed by atoms with van der Waals surface area (Å²) >= 11 is 5.01. The minimum absolute atomic E-state index is 0.273. The first kappa shape index (κ1) is 16.7. The standard InChI is InChI=1S/C16H22FN3OS/c1-3-5-6-10(4-2)9-18-15(21)12-7-11(17)8-13-14(12)20-16(22)19-13/h7-8,10H,3-6,9H2,1-2H3,(H,18,21)(H2,19,20,22). The second kappa shape index (κ2) is 7.54. The Hall–Kier alpha value is -1.69. The number of H-pyrrole nitrogens is 2. The number of carbonyl (C=O) groups is 1. The lowest BCUT2D eigenvalue weighted by atomic mass is 9.99. The van der Waals surface area contributed by atoms with Crippen LogP contribution in [0.4, 0.5) is 4.39 Å². The van der Waals surface area contributed by atoms with Crippen LogP contribution in [0.2, 0.25) is 0 Å². The van der Waals surface area contributed by atoms with Crippen LogP contribution in [0.15, 0.2) is 12.1 Å². The number of aromatic amines is 2. The first-order valence-electron chi connectivity index (χ1n) is 7.74. The Kier molecular flexibility index (Phi) is 5.71. The molecular formula is C16H22FN3OS. The Morgan fingerprint density at radius 3 is 2.82 bits per heavy atom. The van der Waals surface area contributed by atoms with Crippen LogP contribution < -0.4 is 5.32 Å². The van der Waals surface area contributed by atoms with Gasteiger partial charge in [-0.15, -0.1) is 0 Å². The van der Waals surface area contributed by atoms with E-state index in [4.69, 9.17) is 12.2 Å². The van der Waals surface area contributed by atoms with Gasteiger partial charge in [0.05, 0.1) is 16.6 Å². The molecule has 3 N–H and O–H groups in total. The molecule has 1 atom stereocenters. The van der Waals surface area contributed by atoms with E-state index in [-0.39, 0.29) is 11.5 Å². The predicted molar refractivity (Wildman–Crippen MR) is 89.1 cm³/mol. The van der Waals surface area contributed by atoms with Gasteiger partial charge in [-0.25, -0.2) is 4.39 Å². The van der Waals surface area contributed by atoms with E-state index in [0.29, 0.717) is 28.3 Å². The molecule has 1 aromatic carbocycles. The van der Waals surface area contributed by atoms with E-state index in [1.165, 1.54) is 12.1 Å². The first-order chi connectivity index (χ1) is 10.5. The summed E-state index contributed by atoms with van der Waals surface area (Å²) < 4.78 is 14.0. The molecule has 0 radical (unpaired) electrons. The number of hydrogen-bond donors (Lipinski definition) is 3. The van der Waals surface area contributed by atoms with E-state index in [0.717, 1.165) is 25.7 Å². The largest absolute Gasteiger partial charge is 0.352 e. The summed E-state index contributed by atoms with van der Waals surface area (Å²) in [5.41, 5.74) is 1.34. The molecule has 120 valence electrons. The molecule has 0 saturated carbocycles. The van der Waals surface area contributed by atoms with Gasteiger partial charge in [0.1, 0.15) is 5.82 Å². The smallest absolute Gasteiger partial charge is 0.253 e. The SMILES string of the molecule is CCCCC(CC)CNC(=O)c1cc(F)cc2[nH]c(=S)[nH]c12. The molecule has 0 spiro atoms. The molecule has 0 aliphatic carbocycles. The van der Waals surface area contributed by atoms with Crippen LogP contribution in [0.25, 0.3) is 11.0 Å². The van der Waals surface area contributed by atoms with Crippen molar-refractivity contribution in [2.24, 2.45) is 5.92 Å². The molecule has 1 heterocycles. The third-order valence-electron chi connectivity index (χ3n) is 3.93. The quantitative estimate of drug-likeness (QED) is 0.665. The fraction of sp³-hybridized carbons (Fsp3) is 0.500. The summed E-state index contributed by atoms with van der Waals surface area (Å²) in [6.07, 6.45) is 4.42. The molecule has 22 heavy (non-hydrogen) atoms. The van der Waals surface area contributed by atoms with Gasteiger partial charge in [-0.05, 0) is 36.7 Å². The molecule has 0 aliphatic rings. The number of benzene rings is 1. The van der Waals surface area contributed by atoms with Crippen LogP contribution in [-0.4, -0.2) is 22.4 Å². The highest BCUT2D eigenvalue weighted by molar-refractivity contribution is 7.71. The Morgan fingerprint density at radius 2 is 2.14 bits per heavy atom. The number of hydrogen-bond acceptors (Lipinski definition) is 2. The molecule has 0 saturated heterocycles. The van der Waals surface area contributed by atoms with Crippen molar-refractivity contribution >= 4 is 29.2 Å². The molecule has 0 bridgehead atoms. The number of halogens is 1. The number of amides is 1. The number of carbonyl (C=O) groups excluding carboxylic acids is 1. The second-order valence-corrected chi connectivity index (χ2v) is 5.99. The van der Waals surface area contributed by atoms with Crippen molar-refractivity contribution < 1.29 is 9.18 Å². The van der Waals surface area contributed by atoms with E-state index in [1.54, 1.807) is 0 Å². The third-order valence-corrected chi connectivity index (χ3v) is 4.13. The van der Waals surface area contributed by atoms with Gasteiger partial charge in [-0.1, -0.05) is 33.1 Å². The topological polar surface area (TPSA) is 60.7 Å². The van der Waals surface area contributed by atoms with Crippen molar-refractivity contribution in [3.05, 3.63) is 28.3 Å². The Bertz CT molecular complexity index is 707. The third kappa shape index (κ3) is 3.94. The minimum atomic E-state index is -0.457. The summed E-state index contributed by atoms with van der Waals surface area (Å²) in [5.74, 6) is -0.275. The molecule has 1 unspecified atom stereocenters. The second-order valence-electron chi connectivity index (χ2n) is 5.58. The van der Waals surface area contributed by atoms with Crippen LogP contribution in [0.1, 0.15) is 49.9 Å². The number of fused-ring (bicyclic) bond motifs is 1. The van der Waals surface area contributed by atoms with Crippen LogP contribution in [-0.2, 0) is 0 Å². The number of rotatable bonds is 7. The maximum absolute atomic E-state index is 13.7. The maximum Gasteiger partial charge on any atom is 0.253 e. The molecule has 6 heteroatoms. The van der Waals surface area contributed by atoms with Gasteiger partial charge in [0.15, 0.2) is 4.77 Å². The summed E-state index contributed by atoms with van der Waals surface area (Å²) in [4.78, 5) is 18.1. The fourth-order valence-electron chi connectivity index (χ4n) is 2.56. The average molecular weight is 323 g/mol. The first-order valence-corrected chi connectivity index (χ1v) is 8.15. The van der Waals surface area contributed by atoms with E-state index < -0.39 is 5.82 Å². The molecular weight excluding hydrogens is 301 g/mol. The number of unbranched alkanes of at least 4 members (excludes halogenated alkanes) is 1. The highest BCUT2D eigenvalue weighted by Gasteiger charge is 2.15. The molecule has 4 nitrogen and oxygen atoms in total. The van der Waals surface area contributed by atoms with E-state index in [2.05, 4.69) is 29.1 Å². The Balaban J connectivity index is 2.14. The summed E-state index contributed by atoms with van der Waals surface area (Å²) in [6, 6.07) is 2.57. The van der Waals surface area contributed by atoms with Gasteiger partial charge < -0.3 is 15.3 Å². The maximum atomic E-state index is 13.7. The lowest BCUT2D eigenvalue weighted by molar-refractivity contribution is 0.0947. The Labute approximate surface area is 134 Å². The number of aromatic nitrogens is 2. The van der Waals surface area contributed by atoms with Gasteiger partial charge in [0.25, 0.3) is 5.91 Å². The van der Waals surface area contributed by atoms with Crippen molar-refractivity contribution in [3.8, 4) is 0 Å². The van der Waals surface area contributed by atoms with Gasteiger partial charge >= 0.3 is 0 Å². The van der Waals surface area contributed by atoms with E-state index in [1.807, 2.05) is 0 Å². The highest BCUT2D eigenvalue weighted by Crippen LogP contribution is 2.18. The molecule has 0 aliphatic heterocycles. The highest BCUT2D eigenvalue weighted by atomic mass is 32.1. The predicted octanol–water partition coefficient (Wildman–Crippen LogP) is 4.31. The van der Waals surface area contributed by atoms with Crippen LogP contribution >= 0.6 is 12.2 Å². The zero-order chi connectivity index (χ0) is 16.1. The number of imidazole rings is 1. The van der Waals surface area contributed by atoms with E-state index in [9.17, 15) is 9.18 Å². The van der Waals surface area contributed by atoms with Gasteiger partial charge in [0, 0.05) is 6.54 Å². The van der Waals surface area contributed by atoms with Crippen LogP contribution in [0.5, 0.6) is 0 Å². The van der Waals surface area contributed by atoms with Crippen molar-refractivity contribution in [2.75, 3.05) is 6.54 Å². The summed E-state index contributed by atoms with van der Waals surface area (Å²) in [5, 5.41) is 2.91. The monoisotopic (exact) mass is 323 g/mol. The van der Waals surface area contributed by atoms with Crippen LogP contribution in [0, 0.1) is 16.5 Å². The molecule has 1 aromatic heterocycles. The summed E-state index contributed by atoms with van der Waals surface area (Å²) in [6.45, 7) is 4.89. The number of nitrogens with one attached hydrogen (secondary N) is 3. The van der Waals surface area contributed by atoms with Crippen molar-refractivity contribution in [1.82, 2.24) is 15.3 Å². The minimum Gasteiger partial charge on any atom is -0.352 e. The lowest BCUT2D eigenvalue weighted by Crippen LogP contribution is -2.29. The fourth-order valence-corrected chi connectivity index (χ4v) is 2.77. The van der Waals surface area contributed by atoms with E-state index >= 15 is 0 Å². The molecule has 2 rings (SSSR count). The molecule has 0 fully saturated rings. The van der Waals surface area contributed by atoms with Gasteiger partial charge in [-0.2, -0.15) is 0 Å².